The van der Waals surface area contributed by atoms with Gasteiger partial charge in [-0.25, -0.2) is 4.98 Å². The van der Waals surface area contributed by atoms with Crippen LogP contribution in [-0.2, 0) is 5.41 Å². The molecule has 1 N–H and O–H groups in total. The van der Waals surface area contributed by atoms with E-state index >= 15 is 0 Å². The third-order valence-electron chi connectivity index (χ3n) is 5.59. The number of H-pyrrole nitrogens is 1. The highest BCUT2D eigenvalue weighted by Gasteiger charge is 2.44. The van der Waals surface area contributed by atoms with Crippen molar-refractivity contribution < 1.29 is 4.39 Å². The lowest BCUT2D eigenvalue weighted by molar-refractivity contribution is 0.348. The number of nitriles is 1. The molecule has 0 bridgehead atoms. The highest BCUT2D eigenvalue weighted by atomic mass is 19.1. The first kappa shape index (κ1) is 20.5. The van der Waals surface area contributed by atoms with Gasteiger partial charge in [-0.15, -0.1) is 0 Å². The summed E-state index contributed by atoms with van der Waals surface area (Å²) >= 11 is 0. The Morgan fingerprint density at radius 2 is 1.26 bits per heavy atom. The second-order valence-corrected chi connectivity index (χ2v) is 7.63. The molecule has 0 aliphatic rings. The van der Waals surface area contributed by atoms with Crippen molar-refractivity contribution in [1.29, 1.82) is 5.26 Å². The van der Waals surface area contributed by atoms with E-state index in [4.69, 9.17) is 0 Å². The zero-order valence-electron chi connectivity index (χ0n) is 17.5. The number of aromatic amines is 1. The maximum atomic E-state index is 14.7. The van der Waals surface area contributed by atoms with Crippen molar-refractivity contribution in [3.63, 3.8) is 0 Å². The molecule has 1 atom stereocenters. The fourth-order valence-electron chi connectivity index (χ4n) is 4.25. The summed E-state index contributed by atoms with van der Waals surface area (Å²) in [5.41, 5.74) is 2.84. The van der Waals surface area contributed by atoms with Gasteiger partial charge in [0.25, 0.3) is 6.08 Å². The highest BCUT2D eigenvalue weighted by Crippen LogP contribution is 2.46. The van der Waals surface area contributed by atoms with Gasteiger partial charge in [0.1, 0.15) is 6.04 Å². The van der Waals surface area contributed by atoms with Gasteiger partial charge in [-0.05, 0) is 30.8 Å². The average Bonchev–Trinajstić information content (AvgIpc) is 3.18. The molecule has 31 heavy (non-hydrogen) atoms. The number of imidazole rings is 1. The van der Waals surface area contributed by atoms with Gasteiger partial charge in [-0.2, -0.15) is 9.65 Å². The quantitative estimate of drug-likeness (QED) is 0.452. The summed E-state index contributed by atoms with van der Waals surface area (Å²) in [5.74, 6) is 0. The molecule has 0 aliphatic heterocycles. The van der Waals surface area contributed by atoms with Crippen LogP contribution >= 0.6 is 0 Å². The topological polar surface area (TPSA) is 55.7 Å². The summed E-state index contributed by atoms with van der Waals surface area (Å²) < 4.78 is 14.7. The predicted molar refractivity (Wildman–Crippen MR) is 119 cm³/mol. The van der Waals surface area contributed by atoms with Gasteiger partial charge in [0.05, 0.1) is 22.9 Å². The zero-order valence-corrected chi connectivity index (χ0v) is 17.5. The van der Waals surface area contributed by atoms with E-state index < -0.39 is 17.5 Å². The number of hydrogen-bond acceptors (Lipinski definition) is 3. The Labute approximate surface area is 181 Å². The Morgan fingerprint density at radius 3 is 1.61 bits per heavy atom. The van der Waals surface area contributed by atoms with Crippen molar-refractivity contribution in [3.05, 3.63) is 125 Å². The number of nitrogens with one attached hydrogen (secondary N) is 1. The van der Waals surface area contributed by atoms with Gasteiger partial charge >= 0.3 is 0 Å². The molecule has 0 fully saturated rings. The summed E-state index contributed by atoms with van der Waals surface area (Å²) in [7, 11) is 3.59. The second-order valence-electron chi connectivity index (χ2n) is 7.63. The maximum Gasteiger partial charge on any atom is 0.287 e. The summed E-state index contributed by atoms with van der Waals surface area (Å²) in [6.07, 6.45) is -0.709. The number of nitrogens with zero attached hydrogens (tertiary/aromatic N) is 3. The summed E-state index contributed by atoms with van der Waals surface area (Å²) in [4.78, 5) is 8.87. The molecular weight excluding hydrogens is 387 g/mol. The number of halogens is 1. The van der Waals surface area contributed by atoms with E-state index in [0.717, 1.165) is 16.7 Å². The van der Waals surface area contributed by atoms with Gasteiger partial charge in [-0.1, -0.05) is 91.0 Å². The summed E-state index contributed by atoms with van der Waals surface area (Å²) in [5, 5.41) is 9.90. The van der Waals surface area contributed by atoms with Gasteiger partial charge in [0, 0.05) is 0 Å². The van der Waals surface area contributed by atoms with Crippen molar-refractivity contribution in [2.24, 2.45) is 0 Å². The van der Waals surface area contributed by atoms with E-state index in [1.54, 1.807) is 19.0 Å². The first-order valence-electron chi connectivity index (χ1n) is 10.1. The molecule has 1 heterocycles. The summed E-state index contributed by atoms with van der Waals surface area (Å²) in [6.45, 7) is 0. The molecule has 3 aromatic carbocycles. The number of aromatic nitrogens is 2. The molecule has 4 rings (SSSR count). The van der Waals surface area contributed by atoms with Crippen molar-refractivity contribution in [2.75, 3.05) is 14.1 Å². The molecular formula is C26H23FN4. The minimum atomic E-state index is -0.912. The maximum absolute atomic E-state index is 14.7. The molecule has 154 valence electrons. The molecule has 1 unspecified atom stereocenters. The monoisotopic (exact) mass is 410 g/mol. The minimum absolute atomic E-state index is 0.446. The molecule has 0 spiro atoms. The lowest BCUT2D eigenvalue weighted by Crippen LogP contribution is -2.34. The number of benzene rings is 3. The lowest BCUT2D eigenvalue weighted by atomic mass is 9.66. The molecule has 0 amide bonds. The van der Waals surface area contributed by atoms with Crippen LogP contribution in [0.25, 0.3) is 0 Å². The number of hydrogen-bond donors (Lipinski definition) is 1. The van der Waals surface area contributed by atoms with Crippen molar-refractivity contribution in [3.8, 4) is 6.07 Å². The van der Waals surface area contributed by atoms with Gasteiger partial charge in [0.15, 0.2) is 0 Å². The van der Waals surface area contributed by atoms with Crippen LogP contribution < -0.4 is 0 Å². The molecule has 0 radical (unpaired) electrons. The van der Waals surface area contributed by atoms with Crippen LogP contribution in [0.15, 0.2) is 91.0 Å². The van der Waals surface area contributed by atoms with Crippen molar-refractivity contribution in [1.82, 2.24) is 14.9 Å². The largest absolute Gasteiger partial charge is 0.315 e. The SMILES string of the molecule is CN(C)C(C#N)c1[nH]c(F)nc1C(c1ccccc1)(c1ccccc1)c1ccccc1. The predicted octanol–water partition coefficient (Wildman–Crippen LogP) is 5.06. The van der Waals surface area contributed by atoms with E-state index in [2.05, 4.69) is 16.0 Å². The van der Waals surface area contributed by atoms with E-state index in [1.165, 1.54) is 0 Å². The Kier molecular flexibility index (Phi) is 5.66. The van der Waals surface area contributed by atoms with E-state index in [9.17, 15) is 9.65 Å². The third kappa shape index (κ3) is 3.52. The fraction of sp³-hybridized carbons (Fsp3) is 0.154. The fourth-order valence-corrected chi connectivity index (χ4v) is 4.25. The van der Waals surface area contributed by atoms with Crippen LogP contribution in [0.2, 0.25) is 0 Å². The normalized spacial score (nSPS) is 12.5. The van der Waals surface area contributed by atoms with Crippen LogP contribution in [0.5, 0.6) is 0 Å². The summed E-state index contributed by atoms with van der Waals surface area (Å²) in [6, 6.07) is 31.4. The van der Waals surface area contributed by atoms with Gasteiger partial charge in [-0.3, -0.25) is 4.90 Å². The first-order valence-corrected chi connectivity index (χ1v) is 10.1. The smallest absolute Gasteiger partial charge is 0.287 e. The Hall–Kier alpha value is -3.75. The van der Waals surface area contributed by atoms with E-state index in [-0.39, 0.29) is 0 Å². The molecule has 0 saturated heterocycles. The Morgan fingerprint density at radius 1 is 0.839 bits per heavy atom. The second kappa shape index (κ2) is 8.55. The van der Waals surface area contributed by atoms with Crippen LogP contribution in [-0.4, -0.2) is 29.0 Å². The highest BCUT2D eigenvalue weighted by molar-refractivity contribution is 5.59. The van der Waals surface area contributed by atoms with Crippen molar-refractivity contribution >= 4 is 0 Å². The van der Waals surface area contributed by atoms with Crippen LogP contribution in [0, 0.1) is 17.4 Å². The molecule has 0 aliphatic carbocycles. The Balaban J connectivity index is 2.17. The molecule has 5 heteroatoms. The Bertz CT molecular complexity index is 1080. The van der Waals surface area contributed by atoms with Crippen molar-refractivity contribution in [2.45, 2.75) is 11.5 Å². The number of rotatable bonds is 6. The van der Waals surface area contributed by atoms with E-state index in [0.29, 0.717) is 11.4 Å². The lowest BCUT2D eigenvalue weighted by Gasteiger charge is -2.36. The van der Waals surface area contributed by atoms with Crippen LogP contribution in [0.1, 0.15) is 34.1 Å². The molecule has 4 nitrogen and oxygen atoms in total. The van der Waals surface area contributed by atoms with Crippen LogP contribution in [0.3, 0.4) is 0 Å². The standard InChI is InChI=1S/C26H23FN4/c1-31(2)22(18-28)23-24(30-25(27)29-23)26(19-12-6-3-7-13-19,20-14-8-4-9-15-20)21-16-10-5-11-17-21/h3-17,22H,1-2H3,(H,29,30). The van der Waals surface area contributed by atoms with Gasteiger partial charge in [0.2, 0.25) is 0 Å². The third-order valence-corrected chi connectivity index (χ3v) is 5.59. The molecule has 0 saturated carbocycles. The van der Waals surface area contributed by atoms with Gasteiger partial charge < -0.3 is 4.98 Å². The average molecular weight is 410 g/mol. The van der Waals surface area contributed by atoms with Crippen LogP contribution in [0.4, 0.5) is 4.39 Å². The zero-order chi connectivity index (χ0) is 21.8. The molecule has 4 aromatic rings. The van der Waals surface area contributed by atoms with E-state index in [1.807, 2.05) is 91.0 Å². The first-order chi connectivity index (χ1) is 15.1. The minimum Gasteiger partial charge on any atom is -0.315 e. The molecule has 1 aromatic heterocycles.